The minimum atomic E-state index is -0.359. The Morgan fingerprint density at radius 2 is 2.15 bits per heavy atom. The van der Waals surface area contributed by atoms with E-state index in [1.54, 1.807) is 6.20 Å². The zero-order valence-electron chi connectivity index (χ0n) is 11.1. The van der Waals surface area contributed by atoms with E-state index in [1.165, 1.54) is 24.3 Å². The highest BCUT2D eigenvalue weighted by Crippen LogP contribution is 2.14. The molecule has 3 N–H and O–H groups in total. The standard InChI is InChI=1S/C14H16FN3O2/c1-9(8-19)6-10-7-16-18-13(10)14(20)17-12-4-2-11(15)3-5-12/h2-5,7,9,19H,6,8H2,1H3,(H,16,18)(H,17,20). The first-order valence-corrected chi connectivity index (χ1v) is 6.30. The van der Waals surface area contributed by atoms with Crippen LogP contribution in [-0.4, -0.2) is 27.8 Å². The van der Waals surface area contributed by atoms with Gasteiger partial charge in [-0.2, -0.15) is 5.10 Å². The van der Waals surface area contributed by atoms with Crippen molar-refractivity contribution in [1.29, 1.82) is 0 Å². The fourth-order valence-corrected chi connectivity index (χ4v) is 1.83. The molecule has 106 valence electrons. The van der Waals surface area contributed by atoms with E-state index in [0.717, 1.165) is 5.56 Å². The summed E-state index contributed by atoms with van der Waals surface area (Å²) in [6.45, 7) is 1.93. The van der Waals surface area contributed by atoms with Gasteiger partial charge in [-0.1, -0.05) is 6.92 Å². The Bertz CT molecular complexity index is 580. The van der Waals surface area contributed by atoms with Crippen LogP contribution in [0.5, 0.6) is 0 Å². The Labute approximate surface area is 115 Å². The average molecular weight is 277 g/mol. The first kappa shape index (κ1) is 14.2. The van der Waals surface area contributed by atoms with E-state index < -0.39 is 0 Å². The molecule has 1 atom stereocenters. The second-order valence-corrected chi connectivity index (χ2v) is 4.72. The highest BCUT2D eigenvalue weighted by Gasteiger charge is 2.15. The summed E-state index contributed by atoms with van der Waals surface area (Å²) in [7, 11) is 0. The van der Waals surface area contributed by atoms with E-state index in [1.807, 2.05) is 6.92 Å². The summed E-state index contributed by atoms with van der Waals surface area (Å²) in [5, 5.41) is 18.2. The van der Waals surface area contributed by atoms with Crippen molar-refractivity contribution in [2.24, 2.45) is 5.92 Å². The molecule has 6 heteroatoms. The molecule has 0 saturated heterocycles. The van der Waals surface area contributed by atoms with Crippen molar-refractivity contribution >= 4 is 11.6 Å². The molecule has 2 rings (SSSR count). The summed E-state index contributed by atoms with van der Waals surface area (Å²) in [6, 6.07) is 5.52. The van der Waals surface area contributed by atoms with Gasteiger partial charge in [0.2, 0.25) is 0 Å². The number of aliphatic hydroxyl groups is 1. The van der Waals surface area contributed by atoms with Gasteiger partial charge in [0.1, 0.15) is 11.5 Å². The number of halogens is 1. The fraction of sp³-hybridized carbons (Fsp3) is 0.286. The SMILES string of the molecule is CC(CO)Cc1cn[nH]c1C(=O)Nc1ccc(F)cc1. The number of aliphatic hydroxyl groups excluding tert-OH is 1. The van der Waals surface area contributed by atoms with Gasteiger partial charge in [-0.3, -0.25) is 9.89 Å². The maximum Gasteiger partial charge on any atom is 0.273 e. The molecule has 0 aliphatic rings. The van der Waals surface area contributed by atoms with E-state index in [2.05, 4.69) is 15.5 Å². The third-order valence-corrected chi connectivity index (χ3v) is 2.93. The van der Waals surface area contributed by atoms with Gasteiger partial charge in [0.05, 0.1) is 6.20 Å². The summed E-state index contributed by atoms with van der Waals surface area (Å²) >= 11 is 0. The molecule has 0 aliphatic carbocycles. The second-order valence-electron chi connectivity index (χ2n) is 4.72. The Hall–Kier alpha value is -2.21. The zero-order chi connectivity index (χ0) is 14.5. The molecule has 1 aromatic carbocycles. The number of nitrogens with one attached hydrogen (secondary N) is 2. The third kappa shape index (κ3) is 3.42. The maximum absolute atomic E-state index is 12.8. The largest absolute Gasteiger partial charge is 0.396 e. The lowest BCUT2D eigenvalue weighted by Crippen LogP contribution is -2.16. The number of rotatable bonds is 5. The molecule has 0 spiro atoms. The molecule has 5 nitrogen and oxygen atoms in total. The number of aromatic nitrogens is 2. The zero-order valence-corrected chi connectivity index (χ0v) is 11.1. The third-order valence-electron chi connectivity index (χ3n) is 2.93. The molecular formula is C14H16FN3O2. The smallest absolute Gasteiger partial charge is 0.273 e. The quantitative estimate of drug-likeness (QED) is 0.782. The number of carbonyl (C=O) groups is 1. The van der Waals surface area contributed by atoms with Crippen LogP contribution < -0.4 is 5.32 Å². The number of benzene rings is 1. The average Bonchev–Trinajstić information content (AvgIpc) is 2.89. The van der Waals surface area contributed by atoms with Crippen LogP contribution >= 0.6 is 0 Å². The Kier molecular flexibility index (Phi) is 4.47. The van der Waals surface area contributed by atoms with Crippen LogP contribution in [0.15, 0.2) is 30.5 Å². The molecule has 0 aliphatic heterocycles. The van der Waals surface area contributed by atoms with Crippen molar-refractivity contribution in [3.8, 4) is 0 Å². The molecule has 0 bridgehead atoms. The lowest BCUT2D eigenvalue weighted by atomic mass is 10.0. The van der Waals surface area contributed by atoms with Crippen LogP contribution in [0.1, 0.15) is 23.0 Å². The molecule has 0 radical (unpaired) electrons. The Morgan fingerprint density at radius 3 is 2.80 bits per heavy atom. The van der Waals surface area contributed by atoms with Gasteiger partial charge in [-0.05, 0) is 36.6 Å². The number of amides is 1. The first-order chi connectivity index (χ1) is 9.60. The molecule has 20 heavy (non-hydrogen) atoms. The van der Waals surface area contributed by atoms with Gasteiger partial charge in [0, 0.05) is 17.9 Å². The Morgan fingerprint density at radius 1 is 1.45 bits per heavy atom. The summed E-state index contributed by atoms with van der Waals surface area (Å²) in [4.78, 5) is 12.1. The van der Waals surface area contributed by atoms with Crippen LogP contribution in [0.4, 0.5) is 10.1 Å². The minimum Gasteiger partial charge on any atom is -0.396 e. The summed E-state index contributed by atoms with van der Waals surface area (Å²) in [5.74, 6) is -0.652. The van der Waals surface area contributed by atoms with Gasteiger partial charge in [-0.25, -0.2) is 4.39 Å². The minimum absolute atomic E-state index is 0.0458. The van der Waals surface area contributed by atoms with Crippen LogP contribution in [-0.2, 0) is 6.42 Å². The highest BCUT2D eigenvalue weighted by molar-refractivity contribution is 6.03. The van der Waals surface area contributed by atoms with Crippen LogP contribution in [0.2, 0.25) is 0 Å². The summed E-state index contributed by atoms with van der Waals surface area (Å²) in [5.41, 5.74) is 1.60. The van der Waals surface area contributed by atoms with Gasteiger partial charge < -0.3 is 10.4 Å². The second kappa shape index (κ2) is 6.29. The Balaban J connectivity index is 2.09. The molecule has 1 aromatic heterocycles. The monoisotopic (exact) mass is 277 g/mol. The van der Waals surface area contributed by atoms with Crippen molar-refractivity contribution < 1.29 is 14.3 Å². The topological polar surface area (TPSA) is 78.0 Å². The van der Waals surface area contributed by atoms with Gasteiger partial charge >= 0.3 is 0 Å². The van der Waals surface area contributed by atoms with Crippen molar-refractivity contribution in [3.05, 3.63) is 47.5 Å². The van der Waals surface area contributed by atoms with E-state index >= 15 is 0 Å². The van der Waals surface area contributed by atoms with Crippen molar-refractivity contribution in [2.45, 2.75) is 13.3 Å². The number of H-pyrrole nitrogens is 1. The van der Waals surface area contributed by atoms with Crippen LogP contribution in [0.25, 0.3) is 0 Å². The summed E-state index contributed by atoms with van der Waals surface area (Å²) < 4.78 is 12.8. The van der Waals surface area contributed by atoms with Gasteiger partial charge in [0.25, 0.3) is 5.91 Å². The first-order valence-electron chi connectivity index (χ1n) is 6.30. The van der Waals surface area contributed by atoms with E-state index in [4.69, 9.17) is 5.11 Å². The normalized spacial score (nSPS) is 12.2. The number of aromatic amines is 1. The molecule has 2 aromatic rings. The maximum atomic E-state index is 12.8. The number of anilines is 1. The molecule has 1 heterocycles. The van der Waals surface area contributed by atoms with Crippen molar-refractivity contribution in [2.75, 3.05) is 11.9 Å². The highest BCUT2D eigenvalue weighted by atomic mass is 19.1. The molecule has 1 unspecified atom stereocenters. The number of carbonyl (C=O) groups excluding carboxylic acids is 1. The number of nitrogens with zero attached hydrogens (tertiary/aromatic N) is 1. The van der Waals surface area contributed by atoms with Crippen LogP contribution in [0.3, 0.4) is 0 Å². The fourth-order valence-electron chi connectivity index (χ4n) is 1.83. The molecule has 0 fully saturated rings. The van der Waals surface area contributed by atoms with E-state index in [0.29, 0.717) is 17.8 Å². The summed E-state index contributed by atoms with van der Waals surface area (Å²) in [6.07, 6.45) is 2.13. The van der Waals surface area contributed by atoms with Crippen LogP contribution in [0, 0.1) is 11.7 Å². The molecular weight excluding hydrogens is 261 g/mol. The predicted molar refractivity (Wildman–Crippen MR) is 72.9 cm³/mol. The number of hydrogen-bond donors (Lipinski definition) is 3. The number of hydrogen-bond acceptors (Lipinski definition) is 3. The lowest BCUT2D eigenvalue weighted by molar-refractivity contribution is 0.102. The van der Waals surface area contributed by atoms with Gasteiger partial charge in [0.15, 0.2) is 0 Å². The van der Waals surface area contributed by atoms with Gasteiger partial charge in [-0.15, -0.1) is 0 Å². The van der Waals surface area contributed by atoms with Crippen molar-refractivity contribution in [3.63, 3.8) is 0 Å². The molecule has 1 amide bonds. The molecule has 0 saturated carbocycles. The predicted octanol–water partition coefficient (Wildman–Crippen LogP) is 1.97. The van der Waals surface area contributed by atoms with E-state index in [-0.39, 0.29) is 24.2 Å². The lowest BCUT2D eigenvalue weighted by Gasteiger charge is -2.08. The van der Waals surface area contributed by atoms with Crippen molar-refractivity contribution in [1.82, 2.24) is 10.2 Å². The van der Waals surface area contributed by atoms with E-state index in [9.17, 15) is 9.18 Å².